The lowest BCUT2D eigenvalue weighted by molar-refractivity contribution is 0.588. The number of benzene rings is 1. The monoisotopic (exact) mass is 220 g/mol. The first-order valence-corrected chi connectivity index (χ1v) is 4.81. The van der Waals surface area contributed by atoms with Crippen LogP contribution in [0.1, 0.15) is 0 Å². The molecule has 1 aromatic carbocycles. The second-order valence-corrected chi connectivity index (χ2v) is 3.25. The number of nitrogens with zero attached hydrogens (tertiary/aromatic N) is 1. The Bertz CT molecular complexity index is 492. The van der Waals surface area contributed by atoms with Crippen LogP contribution >= 0.6 is 0 Å². The van der Waals surface area contributed by atoms with E-state index in [1.807, 2.05) is 0 Å². The third kappa shape index (κ3) is 1.86. The average molecular weight is 220 g/mol. The lowest BCUT2D eigenvalue weighted by Crippen LogP contribution is -1.96. The summed E-state index contributed by atoms with van der Waals surface area (Å²) in [6, 6.07) is 8.75. The van der Waals surface area contributed by atoms with E-state index in [1.54, 1.807) is 25.2 Å². The van der Waals surface area contributed by atoms with Crippen LogP contribution in [0.2, 0.25) is 0 Å². The van der Waals surface area contributed by atoms with Crippen LogP contribution in [0.15, 0.2) is 36.4 Å². The molecule has 82 valence electrons. The van der Waals surface area contributed by atoms with Crippen molar-refractivity contribution in [3.63, 3.8) is 0 Å². The largest absolute Gasteiger partial charge is 0.373 e. The highest BCUT2D eigenvalue weighted by atomic mass is 19.1. The molecule has 0 saturated heterocycles. The number of hydrogen-bond donors (Lipinski definition) is 1. The smallest absolute Gasteiger partial charge is 0.135 e. The predicted octanol–water partition coefficient (Wildman–Crippen LogP) is 3.07. The van der Waals surface area contributed by atoms with Crippen molar-refractivity contribution in [3.05, 3.63) is 48.0 Å². The second-order valence-electron chi connectivity index (χ2n) is 3.25. The van der Waals surface area contributed by atoms with E-state index in [1.165, 1.54) is 18.2 Å². The zero-order valence-electron chi connectivity index (χ0n) is 8.67. The summed E-state index contributed by atoms with van der Waals surface area (Å²) in [5.74, 6) is -0.651. The van der Waals surface area contributed by atoms with Crippen LogP contribution in [0.3, 0.4) is 0 Å². The number of anilines is 1. The normalized spacial score (nSPS) is 10.2. The first-order valence-electron chi connectivity index (χ1n) is 4.81. The molecule has 2 nitrogen and oxygen atoms in total. The van der Waals surface area contributed by atoms with Crippen LogP contribution in [0, 0.1) is 11.6 Å². The molecule has 2 aromatic rings. The van der Waals surface area contributed by atoms with E-state index in [0.717, 1.165) is 0 Å². The maximum absolute atomic E-state index is 13.5. The molecule has 2 rings (SSSR count). The summed E-state index contributed by atoms with van der Waals surface area (Å²) in [5.41, 5.74) is 0.182. The fourth-order valence-corrected chi connectivity index (χ4v) is 1.46. The molecule has 0 atom stereocenters. The minimum Gasteiger partial charge on any atom is -0.373 e. The lowest BCUT2D eigenvalue weighted by Gasteiger charge is -2.06. The molecule has 1 heterocycles. The van der Waals surface area contributed by atoms with Crippen molar-refractivity contribution in [1.29, 1.82) is 0 Å². The van der Waals surface area contributed by atoms with Crippen LogP contribution in [0.4, 0.5) is 14.6 Å². The maximum atomic E-state index is 13.5. The summed E-state index contributed by atoms with van der Waals surface area (Å²) >= 11 is 0. The van der Waals surface area contributed by atoms with Crippen molar-refractivity contribution >= 4 is 5.82 Å². The van der Waals surface area contributed by atoms with Gasteiger partial charge in [-0.2, -0.15) is 0 Å². The van der Waals surface area contributed by atoms with Gasteiger partial charge in [-0.1, -0.05) is 12.1 Å². The molecule has 0 fully saturated rings. The van der Waals surface area contributed by atoms with Gasteiger partial charge in [-0.15, -0.1) is 0 Å². The van der Waals surface area contributed by atoms with Crippen LogP contribution < -0.4 is 5.32 Å². The zero-order chi connectivity index (χ0) is 11.5. The van der Waals surface area contributed by atoms with Crippen molar-refractivity contribution in [2.75, 3.05) is 12.4 Å². The van der Waals surface area contributed by atoms with Gasteiger partial charge >= 0.3 is 0 Å². The number of hydrogen-bond acceptors (Lipinski definition) is 2. The van der Waals surface area contributed by atoms with Crippen molar-refractivity contribution in [2.45, 2.75) is 0 Å². The standard InChI is InChI=1S/C12H10F2N2/c1-15-11-7-3-6-10(16-11)12-8(13)4-2-5-9(12)14/h2-7H,1H3,(H,15,16). The molecule has 0 bridgehead atoms. The fraction of sp³-hybridized carbons (Fsp3) is 0.0833. The van der Waals surface area contributed by atoms with Gasteiger partial charge in [-0.25, -0.2) is 13.8 Å². The van der Waals surface area contributed by atoms with E-state index < -0.39 is 11.6 Å². The Morgan fingerprint density at radius 1 is 1.00 bits per heavy atom. The minimum atomic E-state index is -0.610. The van der Waals surface area contributed by atoms with E-state index in [4.69, 9.17) is 0 Å². The van der Waals surface area contributed by atoms with Gasteiger partial charge in [0.25, 0.3) is 0 Å². The van der Waals surface area contributed by atoms with E-state index >= 15 is 0 Å². The Morgan fingerprint density at radius 3 is 2.25 bits per heavy atom. The molecule has 0 aliphatic heterocycles. The van der Waals surface area contributed by atoms with E-state index in [0.29, 0.717) is 5.82 Å². The fourth-order valence-electron chi connectivity index (χ4n) is 1.46. The Kier molecular flexibility index (Phi) is 2.81. The molecule has 0 saturated carbocycles. The molecule has 4 heteroatoms. The highest BCUT2D eigenvalue weighted by Gasteiger charge is 2.11. The van der Waals surface area contributed by atoms with Gasteiger partial charge in [0.2, 0.25) is 0 Å². The van der Waals surface area contributed by atoms with Crippen molar-refractivity contribution < 1.29 is 8.78 Å². The number of nitrogens with one attached hydrogen (secondary N) is 1. The SMILES string of the molecule is CNc1cccc(-c2c(F)cccc2F)n1. The summed E-state index contributed by atoms with van der Waals surface area (Å²) in [5, 5.41) is 2.82. The third-order valence-electron chi connectivity index (χ3n) is 2.22. The number of aromatic nitrogens is 1. The summed E-state index contributed by atoms with van der Waals surface area (Å²) in [4.78, 5) is 4.09. The van der Waals surface area contributed by atoms with Gasteiger partial charge in [0.1, 0.15) is 17.5 Å². The molecular formula is C12H10F2N2. The Labute approximate surface area is 92.0 Å². The number of halogens is 2. The topological polar surface area (TPSA) is 24.9 Å². The molecule has 0 spiro atoms. The van der Waals surface area contributed by atoms with E-state index in [2.05, 4.69) is 10.3 Å². The minimum absolute atomic E-state index is 0.0976. The van der Waals surface area contributed by atoms with E-state index in [9.17, 15) is 8.78 Å². The maximum Gasteiger partial charge on any atom is 0.135 e. The summed E-state index contributed by atoms with van der Waals surface area (Å²) < 4.78 is 26.9. The Balaban J connectivity index is 2.58. The molecule has 0 amide bonds. The quantitative estimate of drug-likeness (QED) is 0.841. The van der Waals surface area contributed by atoms with E-state index in [-0.39, 0.29) is 11.3 Å². The van der Waals surface area contributed by atoms with Gasteiger partial charge in [-0.3, -0.25) is 0 Å². The molecule has 1 N–H and O–H groups in total. The van der Waals surface area contributed by atoms with Crippen LogP contribution in [-0.4, -0.2) is 12.0 Å². The van der Waals surface area contributed by atoms with Crippen molar-refractivity contribution in [2.24, 2.45) is 0 Å². The summed E-state index contributed by atoms with van der Waals surface area (Å²) in [6.07, 6.45) is 0. The van der Waals surface area contributed by atoms with Gasteiger partial charge in [0, 0.05) is 7.05 Å². The molecule has 0 radical (unpaired) electrons. The summed E-state index contributed by atoms with van der Waals surface area (Å²) in [7, 11) is 1.70. The van der Waals surface area contributed by atoms with Crippen LogP contribution in [0.25, 0.3) is 11.3 Å². The lowest BCUT2D eigenvalue weighted by atomic mass is 10.1. The molecule has 0 aliphatic carbocycles. The second kappa shape index (κ2) is 4.26. The molecule has 0 unspecified atom stereocenters. The van der Waals surface area contributed by atoms with Crippen molar-refractivity contribution in [1.82, 2.24) is 4.98 Å². The first-order chi connectivity index (χ1) is 7.72. The van der Waals surface area contributed by atoms with Gasteiger partial charge in [0.05, 0.1) is 11.3 Å². The average Bonchev–Trinajstić information content (AvgIpc) is 2.29. The van der Waals surface area contributed by atoms with Gasteiger partial charge in [-0.05, 0) is 24.3 Å². The van der Waals surface area contributed by atoms with Gasteiger partial charge < -0.3 is 5.32 Å². The van der Waals surface area contributed by atoms with Crippen molar-refractivity contribution in [3.8, 4) is 11.3 Å². The van der Waals surface area contributed by atoms with Gasteiger partial charge in [0.15, 0.2) is 0 Å². The third-order valence-corrected chi connectivity index (χ3v) is 2.22. The summed E-state index contributed by atoms with van der Waals surface area (Å²) in [6.45, 7) is 0. The molecule has 0 aliphatic rings. The molecular weight excluding hydrogens is 210 g/mol. The Hall–Kier alpha value is -1.97. The first kappa shape index (κ1) is 10.5. The highest BCUT2D eigenvalue weighted by Crippen LogP contribution is 2.24. The highest BCUT2D eigenvalue weighted by molar-refractivity contribution is 5.62. The molecule has 16 heavy (non-hydrogen) atoms. The zero-order valence-corrected chi connectivity index (χ0v) is 8.67. The Morgan fingerprint density at radius 2 is 1.62 bits per heavy atom. The predicted molar refractivity (Wildman–Crippen MR) is 59.1 cm³/mol. The van der Waals surface area contributed by atoms with Crippen LogP contribution in [-0.2, 0) is 0 Å². The van der Waals surface area contributed by atoms with Crippen LogP contribution in [0.5, 0.6) is 0 Å². The number of pyridine rings is 1. The molecule has 1 aromatic heterocycles. The number of rotatable bonds is 2.